The molecular formula is C17H17Br2NO2. The van der Waals surface area contributed by atoms with Gasteiger partial charge >= 0.3 is 0 Å². The van der Waals surface area contributed by atoms with E-state index in [0.29, 0.717) is 0 Å². The average molecular weight is 427 g/mol. The zero-order chi connectivity index (χ0) is 15.8. The highest BCUT2D eigenvalue weighted by molar-refractivity contribution is 9.12. The molecule has 3 nitrogen and oxygen atoms in total. The zero-order valence-electron chi connectivity index (χ0n) is 12.4. The minimum Gasteiger partial charge on any atom is -0.274 e. The molecule has 0 aromatic heterocycles. The number of rotatable bonds is 1. The van der Waals surface area contributed by atoms with Crippen molar-refractivity contribution >= 4 is 49.4 Å². The molecule has 2 bridgehead atoms. The van der Waals surface area contributed by atoms with Crippen LogP contribution in [0.1, 0.15) is 17.5 Å². The van der Waals surface area contributed by atoms with Gasteiger partial charge in [-0.05, 0) is 43.2 Å². The number of hydrogen-bond acceptors (Lipinski definition) is 2. The lowest BCUT2D eigenvalue weighted by Gasteiger charge is -2.28. The number of anilines is 1. The highest BCUT2D eigenvalue weighted by Gasteiger charge is 2.66. The van der Waals surface area contributed by atoms with Gasteiger partial charge < -0.3 is 0 Å². The van der Waals surface area contributed by atoms with Crippen molar-refractivity contribution < 1.29 is 9.59 Å². The third-order valence-electron chi connectivity index (χ3n) is 5.65. The number of carbonyl (C=O) groups is 2. The van der Waals surface area contributed by atoms with Crippen molar-refractivity contribution in [3.05, 3.63) is 29.3 Å². The van der Waals surface area contributed by atoms with E-state index in [2.05, 4.69) is 31.9 Å². The van der Waals surface area contributed by atoms with Gasteiger partial charge in [0.2, 0.25) is 11.8 Å². The number of nitrogens with zero attached hydrogens (tertiary/aromatic N) is 1. The summed E-state index contributed by atoms with van der Waals surface area (Å²) < 4.78 is 0. The quantitative estimate of drug-likeness (QED) is 0.508. The Morgan fingerprint density at radius 1 is 0.955 bits per heavy atom. The van der Waals surface area contributed by atoms with Gasteiger partial charge in [-0.1, -0.05) is 50.1 Å². The number of fused-ring (bicyclic) bond motifs is 5. The molecule has 0 N–H and O–H groups in total. The molecule has 116 valence electrons. The van der Waals surface area contributed by atoms with Gasteiger partial charge in [-0.3, -0.25) is 9.59 Å². The Morgan fingerprint density at radius 2 is 1.41 bits per heavy atom. The second-order valence-electron chi connectivity index (χ2n) is 6.76. The van der Waals surface area contributed by atoms with Crippen molar-refractivity contribution in [2.75, 3.05) is 4.90 Å². The maximum Gasteiger partial charge on any atom is 0.238 e. The van der Waals surface area contributed by atoms with Crippen molar-refractivity contribution in [2.24, 2.45) is 23.7 Å². The summed E-state index contributed by atoms with van der Waals surface area (Å²) in [7, 11) is 0. The second-order valence-corrected chi connectivity index (χ2v) is 8.87. The molecule has 1 heterocycles. The first-order chi connectivity index (χ1) is 10.4. The number of aryl methyl sites for hydroxylation is 2. The van der Waals surface area contributed by atoms with Crippen LogP contribution in [0.3, 0.4) is 0 Å². The first kappa shape index (κ1) is 14.9. The monoisotopic (exact) mass is 425 g/mol. The molecule has 0 spiro atoms. The van der Waals surface area contributed by atoms with Gasteiger partial charge in [0.15, 0.2) is 0 Å². The Balaban J connectivity index is 1.80. The van der Waals surface area contributed by atoms with Crippen molar-refractivity contribution in [3.8, 4) is 0 Å². The summed E-state index contributed by atoms with van der Waals surface area (Å²) in [4.78, 5) is 28.1. The summed E-state index contributed by atoms with van der Waals surface area (Å²) >= 11 is 7.44. The van der Waals surface area contributed by atoms with Crippen molar-refractivity contribution in [1.29, 1.82) is 0 Å². The van der Waals surface area contributed by atoms with Crippen LogP contribution in [0, 0.1) is 37.5 Å². The summed E-state index contributed by atoms with van der Waals surface area (Å²) in [6.07, 6.45) is 0.971. The normalized spacial score (nSPS) is 39.7. The Labute approximate surface area is 146 Å². The molecule has 6 atom stereocenters. The standard InChI is InChI=1S/C17H17Br2NO2/c1-7-4-3-5-8(2)15(7)20-16(21)11-9-6-10(12(11)17(20)22)14(19)13(9)18/h3-5,9-14H,6H2,1-2H3/t9-,10+,11+,12-,13+,14-. The molecule has 3 aliphatic rings. The Bertz CT molecular complexity index is 637. The van der Waals surface area contributed by atoms with Gasteiger partial charge in [-0.15, -0.1) is 0 Å². The lowest BCUT2D eigenvalue weighted by atomic mass is 9.81. The topological polar surface area (TPSA) is 37.4 Å². The maximum absolute atomic E-state index is 13.0. The van der Waals surface area contributed by atoms with Crippen LogP contribution in [0.25, 0.3) is 0 Å². The molecule has 1 saturated heterocycles. The Kier molecular flexibility index (Phi) is 3.32. The van der Waals surface area contributed by atoms with Crippen LogP contribution in [-0.2, 0) is 9.59 Å². The van der Waals surface area contributed by atoms with E-state index in [9.17, 15) is 9.59 Å². The van der Waals surface area contributed by atoms with Crippen molar-refractivity contribution in [2.45, 2.75) is 29.9 Å². The van der Waals surface area contributed by atoms with E-state index in [-0.39, 0.29) is 45.1 Å². The van der Waals surface area contributed by atoms with Gasteiger partial charge in [-0.25, -0.2) is 4.90 Å². The number of carbonyl (C=O) groups excluding carboxylic acids is 2. The molecule has 5 heteroatoms. The summed E-state index contributed by atoms with van der Waals surface area (Å²) in [5.74, 6) is 0.257. The lowest BCUT2D eigenvalue weighted by Crippen LogP contribution is -2.37. The van der Waals surface area contributed by atoms with E-state index in [1.54, 1.807) is 0 Å². The molecule has 1 aromatic rings. The summed E-state index contributed by atoms with van der Waals surface area (Å²) in [5.41, 5.74) is 2.77. The SMILES string of the molecule is Cc1cccc(C)c1N1C(=O)[C@@H]2[C@@H]3C[C@@H]([C@H](Br)[C@@H]3Br)[C@@H]2C1=O. The Morgan fingerprint density at radius 3 is 1.86 bits per heavy atom. The largest absolute Gasteiger partial charge is 0.274 e. The molecule has 2 amide bonds. The maximum atomic E-state index is 13.0. The van der Waals surface area contributed by atoms with E-state index >= 15 is 0 Å². The van der Waals surface area contributed by atoms with Crippen LogP contribution in [0.5, 0.6) is 0 Å². The predicted molar refractivity (Wildman–Crippen MR) is 92.4 cm³/mol. The molecule has 1 aromatic carbocycles. The molecule has 22 heavy (non-hydrogen) atoms. The minimum absolute atomic E-state index is 0.00347. The fourth-order valence-electron chi connectivity index (χ4n) is 4.73. The first-order valence-electron chi connectivity index (χ1n) is 7.65. The molecule has 3 fully saturated rings. The zero-order valence-corrected chi connectivity index (χ0v) is 15.6. The van der Waals surface area contributed by atoms with E-state index in [1.165, 1.54) is 4.90 Å². The number of imide groups is 1. The number of alkyl halides is 2. The van der Waals surface area contributed by atoms with E-state index in [4.69, 9.17) is 0 Å². The summed E-state index contributed by atoms with van der Waals surface area (Å²) in [6.45, 7) is 3.93. The number of amides is 2. The number of para-hydroxylation sites is 1. The van der Waals surface area contributed by atoms with Gasteiger partial charge in [0.05, 0.1) is 17.5 Å². The molecule has 1 aliphatic heterocycles. The molecule has 0 radical (unpaired) electrons. The molecular weight excluding hydrogens is 410 g/mol. The van der Waals surface area contributed by atoms with Crippen LogP contribution in [-0.4, -0.2) is 21.5 Å². The molecule has 2 aliphatic carbocycles. The third-order valence-corrected chi connectivity index (χ3v) is 8.86. The highest BCUT2D eigenvalue weighted by Crippen LogP contribution is 2.60. The van der Waals surface area contributed by atoms with Crippen LogP contribution in [0.4, 0.5) is 5.69 Å². The van der Waals surface area contributed by atoms with Crippen LogP contribution in [0.2, 0.25) is 0 Å². The third kappa shape index (κ3) is 1.72. The predicted octanol–water partition coefficient (Wildman–Crippen LogP) is 3.59. The summed E-state index contributed by atoms with van der Waals surface area (Å²) in [6, 6.07) is 5.89. The van der Waals surface area contributed by atoms with Gasteiger partial charge in [-0.2, -0.15) is 0 Å². The second kappa shape index (κ2) is 4.91. The lowest BCUT2D eigenvalue weighted by molar-refractivity contribution is -0.123. The summed E-state index contributed by atoms with van der Waals surface area (Å²) in [5, 5.41) is 0. The average Bonchev–Trinajstić information content (AvgIpc) is 3.06. The van der Waals surface area contributed by atoms with Crippen molar-refractivity contribution in [3.63, 3.8) is 0 Å². The van der Waals surface area contributed by atoms with E-state index in [1.807, 2.05) is 32.0 Å². The molecule has 2 saturated carbocycles. The smallest absolute Gasteiger partial charge is 0.238 e. The number of benzene rings is 1. The fraction of sp³-hybridized carbons (Fsp3) is 0.529. The molecule has 4 rings (SSSR count). The van der Waals surface area contributed by atoms with Gasteiger partial charge in [0, 0.05) is 9.65 Å². The van der Waals surface area contributed by atoms with Crippen LogP contribution in [0.15, 0.2) is 18.2 Å². The highest BCUT2D eigenvalue weighted by atomic mass is 79.9. The number of halogens is 2. The molecule has 0 unspecified atom stereocenters. The van der Waals surface area contributed by atoms with Crippen LogP contribution < -0.4 is 4.90 Å². The fourth-order valence-corrected chi connectivity index (χ4v) is 6.60. The van der Waals surface area contributed by atoms with Crippen LogP contribution >= 0.6 is 31.9 Å². The number of hydrogen-bond donors (Lipinski definition) is 0. The minimum atomic E-state index is -0.144. The van der Waals surface area contributed by atoms with Gasteiger partial charge in [0.1, 0.15) is 0 Å². The van der Waals surface area contributed by atoms with E-state index in [0.717, 1.165) is 23.2 Å². The van der Waals surface area contributed by atoms with E-state index < -0.39 is 0 Å². The van der Waals surface area contributed by atoms with Gasteiger partial charge in [0.25, 0.3) is 0 Å². The van der Waals surface area contributed by atoms with Crippen molar-refractivity contribution in [1.82, 2.24) is 0 Å². The Hall–Kier alpha value is -0.680. The first-order valence-corrected chi connectivity index (χ1v) is 9.48.